The summed E-state index contributed by atoms with van der Waals surface area (Å²) >= 11 is 0. The Labute approximate surface area is 63.9 Å². The lowest BCUT2D eigenvalue weighted by Crippen LogP contribution is -2.08. The molecule has 0 N–H and O–H groups in total. The topological polar surface area (TPSA) is 34.9 Å². The van der Waals surface area contributed by atoms with Crippen molar-refractivity contribution in [2.75, 3.05) is 0 Å². The molecule has 0 spiro atoms. The second-order valence-electron chi connectivity index (χ2n) is 2.37. The number of hydrogen-bond donors (Lipinski definition) is 0. The van der Waals surface area contributed by atoms with Crippen LogP contribution in [0.1, 0.15) is 17.4 Å². The van der Waals surface area contributed by atoms with Gasteiger partial charge in [-0.1, -0.05) is 0 Å². The first-order chi connectivity index (χ1) is 5.24. The molecule has 0 aliphatic rings. The van der Waals surface area contributed by atoms with Crippen LogP contribution in [0.25, 0.3) is 0 Å². The van der Waals surface area contributed by atoms with Crippen LogP contribution in [0, 0.1) is 0 Å². The summed E-state index contributed by atoms with van der Waals surface area (Å²) in [5, 5.41) is 0. The molecule has 11 heavy (non-hydrogen) atoms. The van der Waals surface area contributed by atoms with Crippen molar-refractivity contribution in [3.8, 4) is 0 Å². The fraction of sp³-hybridized carbons (Fsp3) is 0.429. The van der Waals surface area contributed by atoms with Gasteiger partial charge in [0.1, 0.15) is 11.9 Å². The average molecular weight is 156 g/mol. The third kappa shape index (κ3) is 1.86. The number of carbonyl (C=O) groups excluding carboxylic acids is 1. The Morgan fingerprint density at radius 1 is 1.91 bits per heavy atom. The minimum absolute atomic E-state index is 0.189. The van der Waals surface area contributed by atoms with Gasteiger partial charge in [-0.2, -0.15) is 0 Å². The molecular formula is C7H9FN2O. The Morgan fingerprint density at radius 3 is 3.18 bits per heavy atom. The van der Waals surface area contributed by atoms with Crippen LogP contribution < -0.4 is 0 Å². The van der Waals surface area contributed by atoms with Crippen molar-refractivity contribution >= 4 is 6.29 Å². The highest BCUT2D eigenvalue weighted by Crippen LogP contribution is 1.99. The molecule has 0 aromatic carbocycles. The second-order valence-corrected chi connectivity index (χ2v) is 2.37. The van der Waals surface area contributed by atoms with E-state index < -0.39 is 6.17 Å². The van der Waals surface area contributed by atoms with Gasteiger partial charge in [-0.15, -0.1) is 0 Å². The fourth-order valence-corrected chi connectivity index (χ4v) is 0.853. The van der Waals surface area contributed by atoms with E-state index in [0.29, 0.717) is 12.0 Å². The number of aldehydes is 1. The number of carbonyl (C=O) groups is 1. The summed E-state index contributed by atoms with van der Waals surface area (Å²) in [7, 11) is 0. The molecule has 1 heterocycles. The molecule has 0 aliphatic heterocycles. The highest BCUT2D eigenvalue weighted by atomic mass is 19.1. The number of nitrogens with zero attached hydrogens (tertiary/aromatic N) is 2. The predicted octanol–water partition coefficient (Wildman–Crippen LogP) is 1.05. The lowest BCUT2D eigenvalue weighted by molar-refractivity contribution is 0.111. The quantitative estimate of drug-likeness (QED) is 0.613. The maximum absolute atomic E-state index is 12.4. The number of halogens is 1. The summed E-state index contributed by atoms with van der Waals surface area (Å²) in [5.74, 6) is 0. The number of alkyl halides is 1. The largest absolute Gasteiger partial charge is 0.326 e. The van der Waals surface area contributed by atoms with Crippen LogP contribution in [0.5, 0.6) is 0 Å². The van der Waals surface area contributed by atoms with Gasteiger partial charge in [-0.3, -0.25) is 4.79 Å². The zero-order chi connectivity index (χ0) is 8.27. The van der Waals surface area contributed by atoms with E-state index in [9.17, 15) is 9.18 Å². The molecular weight excluding hydrogens is 147 g/mol. The van der Waals surface area contributed by atoms with Crippen LogP contribution in [-0.2, 0) is 6.54 Å². The van der Waals surface area contributed by atoms with Gasteiger partial charge in [-0.05, 0) is 6.92 Å². The van der Waals surface area contributed by atoms with Crippen LogP contribution in [0.15, 0.2) is 12.5 Å². The fourth-order valence-electron chi connectivity index (χ4n) is 0.853. The molecule has 60 valence electrons. The standard InChI is InChI=1S/C7H9FN2O/c1-6(8)3-10-5-9-2-7(10)4-11/h2,4-6H,3H2,1H3. The maximum atomic E-state index is 12.4. The predicted molar refractivity (Wildman–Crippen MR) is 38.2 cm³/mol. The third-order valence-corrected chi connectivity index (χ3v) is 1.31. The molecule has 3 nitrogen and oxygen atoms in total. The van der Waals surface area contributed by atoms with Gasteiger partial charge in [0, 0.05) is 0 Å². The highest BCUT2D eigenvalue weighted by molar-refractivity contribution is 5.71. The molecule has 0 fully saturated rings. The first-order valence-electron chi connectivity index (χ1n) is 3.33. The number of hydrogen-bond acceptors (Lipinski definition) is 2. The minimum Gasteiger partial charge on any atom is -0.326 e. The summed E-state index contributed by atoms with van der Waals surface area (Å²) < 4.78 is 13.9. The molecule has 0 saturated carbocycles. The van der Waals surface area contributed by atoms with Crippen LogP contribution >= 0.6 is 0 Å². The van der Waals surface area contributed by atoms with Crippen molar-refractivity contribution in [1.82, 2.24) is 9.55 Å². The first-order valence-corrected chi connectivity index (χ1v) is 3.33. The lowest BCUT2D eigenvalue weighted by atomic mass is 10.4. The third-order valence-electron chi connectivity index (χ3n) is 1.31. The SMILES string of the molecule is CC(F)Cn1cncc1C=O. The number of rotatable bonds is 3. The van der Waals surface area contributed by atoms with Crippen molar-refractivity contribution in [3.05, 3.63) is 18.2 Å². The maximum Gasteiger partial charge on any atom is 0.168 e. The summed E-state index contributed by atoms with van der Waals surface area (Å²) in [6, 6.07) is 0. The minimum atomic E-state index is -0.956. The van der Waals surface area contributed by atoms with Gasteiger partial charge < -0.3 is 4.57 Å². The molecule has 1 unspecified atom stereocenters. The first kappa shape index (κ1) is 7.91. The van der Waals surface area contributed by atoms with Gasteiger partial charge >= 0.3 is 0 Å². The molecule has 0 bridgehead atoms. The molecule has 1 rings (SSSR count). The smallest absolute Gasteiger partial charge is 0.168 e. The molecule has 0 saturated heterocycles. The Morgan fingerprint density at radius 2 is 2.64 bits per heavy atom. The van der Waals surface area contributed by atoms with Crippen LogP contribution in [0.2, 0.25) is 0 Å². The van der Waals surface area contributed by atoms with Crippen molar-refractivity contribution in [2.24, 2.45) is 0 Å². The number of aromatic nitrogens is 2. The van der Waals surface area contributed by atoms with Gasteiger partial charge in [0.2, 0.25) is 0 Å². The van der Waals surface area contributed by atoms with Gasteiger partial charge in [0.15, 0.2) is 6.29 Å². The Bertz CT molecular complexity index is 244. The van der Waals surface area contributed by atoms with Crippen molar-refractivity contribution in [1.29, 1.82) is 0 Å². The highest BCUT2D eigenvalue weighted by Gasteiger charge is 2.03. The van der Waals surface area contributed by atoms with E-state index in [1.807, 2.05) is 0 Å². The van der Waals surface area contributed by atoms with Crippen molar-refractivity contribution in [3.63, 3.8) is 0 Å². The Kier molecular flexibility index (Phi) is 2.36. The van der Waals surface area contributed by atoms with E-state index in [2.05, 4.69) is 4.98 Å². The van der Waals surface area contributed by atoms with Gasteiger partial charge in [0.25, 0.3) is 0 Å². The molecule has 1 aromatic rings. The summed E-state index contributed by atoms with van der Waals surface area (Å²) in [4.78, 5) is 14.0. The Balaban J connectivity index is 2.76. The molecule has 1 aromatic heterocycles. The van der Waals surface area contributed by atoms with E-state index in [0.717, 1.165) is 0 Å². The summed E-state index contributed by atoms with van der Waals surface area (Å²) in [5.41, 5.74) is 0.412. The Hall–Kier alpha value is -1.19. The lowest BCUT2D eigenvalue weighted by Gasteiger charge is -2.03. The van der Waals surface area contributed by atoms with Crippen LogP contribution in [0.3, 0.4) is 0 Å². The van der Waals surface area contributed by atoms with E-state index in [-0.39, 0.29) is 6.54 Å². The van der Waals surface area contributed by atoms with Gasteiger partial charge in [-0.25, -0.2) is 9.37 Å². The van der Waals surface area contributed by atoms with Gasteiger partial charge in [0.05, 0.1) is 19.1 Å². The molecule has 4 heteroatoms. The van der Waals surface area contributed by atoms with Crippen molar-refractivity contribution < 1.29 is 9.18 Å². The second kappa shape index (κ2) is 3.27. The summed E-state index contributed by atoms with van der Waals surface area (Å²) in [6.45, 7) is 1.63. The normalized spacial score (nSPS) is 12.9. The van der Waals surface area contributed by atoms with E-state index >= 15 is 0 Å². The van der Waals surface area contributed by atoms with Crippen LogP contribution in [-0.4, -0.2) is 22.0 Å². The number of imidazole rings is 1. The zero-order valence-electron chi connectivity index (χ0n) is 6.20. The average Bonchev–Trinajstić information content (AvgIpc) is 2.34. The van der Waals surface area contributed by atoms with E-state index in [1.54, 1.807) is 0 Å². The van der Waals surface area contributed by atoms with Crippen LogP contribution in [0.4, 0.5) is 4.39 Å². The zero-order valence-corrected chi connectivity index (χ0v) is 6.20. The molecule has 0 radical (unpaired) electrons. The molecule has 1 atom stereocenters. The summed E-state index contributed by atoms with van der Waals surface area (Å²) in [6.07, 6.45) is 2.56. The van der Waals surface area contributed by atoms with E-state index in [1.165, 1.54) is 24.0 Å². The molecule has 0 amide bonds. The van der Waals surface area contributed by atoms with Crippen molar-refractivity contribution in [2.45, 2.75) is 19.6 Å². The molecule has 0 aliphatic carbocycles. The van der Waals surface area contributed by atoms with E-state index in [4.69, 9.17) is 0 Å². The monoisotopic (exact) mass is 156 g/mol.